The van der Waals surface area contributed by atoms with Crippen LogP contribution in [0.15, 0.2) is 0 Å². The van der Waals surface area contributed by atoms with Gasteiger partial charge in [0.15, 0.2) is 0 Å². The topological polar surface area (TPSA) is 73.5 Å². The van der Waals surface area contributed by atoms with Gasteiger partial charge in [0.1, 0.15) is 0 Å². The van der Waals surface area contributed by atoms with Gasteiger partial charge < -0.3 is 20.9 Å². The number of nitrogens with zero attached hydrogens (tertiary/aromatic N) is 1. The zero-order valence-electron chi connectivity index (χ0n) is 11.2. The minimum Gasteiger partial charge on any atom is -0.354 e. The Kier molecular flexibility index (Phi) is 8.13. The van der Waals surface area contributed by atoms with E-state index in [0.29, 0.717) is 19.6 Å². The number of urea groups is 1. The summed E-state index contributed by atoms with van der Waals surface area (Å²) in [7, 11) is 3.35. The summed E-state index contributed by atoms with van der Waals surface area (Å²) in [6.07, 6.45) is 0. The molecule has 0 aliphatic carbocycles. The maximum absolute atomic E-state index is 11.6. The first kappa shape index (κ1) is 15.7. The molecule has 100 valence electrons. The number of amides is 3. The number of carbonyl (C=O) groups excluding carboxylic acids is 2. The van der Waals surface area contributed by atoms with Crippen LogP contribution in [-0.4, -0.2) is 57.1 Å². The van der Waals surface area contributed by atoms with Crippen LogP contribution in [0.5, 0.6) is 0 Å². The largest absolute Gasteiger partial charge is 0.354 e. The Balaban J connectivity index is 3.60. The van der Waals surface area contributed by atoms with Crippen LogP contribution in [0.2, 0.25) is 0 Å². The normalized spacial score (nSPS) is 11.8. The van der Waals surface area contributed by atoms with E-state index in [-0.39, 0.29) is 17.9 Å². The van der Waals surface area contributed by atoms with Gasteiger partial charge in [-0.1, -0.05) is 13.8 Å². The van der Waals surface area contributed by atoms with Crippen molar-refractivity contribution < 1.29 is 9.59 Å². The number of hydrogen-bond acceptors (Lipinski definition) is 3. The standard InChI is InChI=1S/C11H24N4O2/c1-5-12-8-9(2)10(16)13-6-7-14-11(17)15(3)4/h9,12H,5-8H2,1-4H3,(H,13,16)(H,14,17). The Labute approximate surface area is 103 Å². The van der Waals surface area contributed by atoms with Gasteiger partial charge in [0.2, 0.25) is 5.91 Å². The smallest absolute Gasteiger partial charge is 0.316 e. The molecule has 0 aromatic heterocycles. The Morgan fingerprint density at radius 2 is 1.76 bits per heavy atom. The summed E-state index contributed by atoms with van der Waals surface area (Å²) in [5, 5.41) is 8.56. The molecule has 0 saturated carbocycles. The van der Waals surface area contributed by atoms with Gasteiger partial charge in [-0.15, -0.1) is 0 Å². The number of carbonyl (C=O) groups is 2. The van der Waals surface area contributed by atoms with E-state index in [1.54, 1.807) is 14.1 Å². The third-order valence-corrected chi connectivity index (χ3v) is 2.25. The maximum atomic E-state index is 11.6. The average Bonchev–Trinajstić information content (AvgIpc) is 2.30. The SMILES string of the molecule is CCNCC(C)C(=O)NCCNC(=O)N(C)C. The van der Waals surface area contributed by atoms with Gasteiger partial charge in [0.05, 0.1) is 0 Å². The van der Waals surface area contributed by atoms with E-state index >= 15 is 0 Å². The fourth-order valence-electron chi connectivity index (χ4n) is 1.14. The lowest BCUT2D eigenvalue weighted by atomic mass is 10.1. The molecule has 6 heteroatoms. The summed E-state index contributed by atoms with van der Waals surface area (Å²) in [6, 6.07) is -0.153. The molecular formula is C11H24N4O2. The predicted molar refractivity (Wildman–Crippen MR) is 67.8 cm³/mol. The highest BCUT2D eigenvalue weighted by molar-refractivity contribution is 5.78. The van der Waals surface area contributed by atoms with Crippen LogP contribution in [-0.2, 0) is 4.79 Å². The van der Waals surface area contributed by atoms with E-state index < -0.39 is 0 Å². The first-order valence-corrected chi connectivity index (χ1v) is 5.92. The highest BCUT2D eigenvalue weighted by Crippen LogP contribution is 1.91. The van der Waals surface area contributed by atoms with E-state index in [1.165, 1.54) is 4.90 Å². The van der Waals surface area contributed by atoms with Crippen LogP contribution in [0.3, 0.4) is 0 Å². The van der Waals surface area contributed by atoms with Crippen LogP contribution in [0.25, 0.3) is 0 Å². The van der Waals surface area contributed by atoms with Gasteiger partial charge in [0.25, 0.3) is 0 Å². The fourth-order valence-corrected chi connectivity index (χ4v) is 1.14. The van der Waals surface area contributed by atoms with Crippen molar-refractivity contribution in [3.05, 3.63) is 0 Å². The molecule has 0 aromatic carbocycles. The minimum atomic E-state index is -0.153. The van der Waals surface area contributed by atoms with Crippen molar-refractivity contribution >= 4 is 11.9 Å². The summed E-state index contributed by atoms with van der Waals surface area (Å²) in [6.45, 7) is 6.30. The lowest BCUT2D eigenvalue weighted by molar-refractivity contribution is -0.124. The van der Waals surface area contributed by atoms with Crippen molar-refractivity contribution in [3.63, 3.8) is 0 Å². The van der Waals surface area contributed by atoms with Crippen molar-refractivity contribution in [1.29, 1.82) is 0 Å². The van der Waals surface area contributed by atoms with Crippen molar-refractivity contribution in [1.82, 2.24) is 20.9 Å². The zero-order valence-corrected chi connectivity index (χ0v) is 11.2. The van der Waals surface area contributed by atoms with E-state index in [2.05, 4.69) is 16.0 Å². The van der Waals surface area contributed by atoms with E-state index in [9.17, 15) is 9.59 Å². The molecule has 3 amide bonds. The second-order valence-corrected chi connectivity index (χ2v) is 4.13. The van der Waals surface area contributed by atoms with E-state index in [1.807, 2.05) is 13.8 Å². The van der Waals surface area contributed by atoms with Crippen LogP contribution < -0.4 is 16.0 Å². The highest BCUT2D eigenvalue weighted by atomic mass is 16.2. The summed E-state index contributed by atoms with van der Waals surface area (Å²) in [5.74, 6) is -0.0513. The molecule has 0 radical (unpaired) electrons. The van der Waals surface area contributed by atoms with Gasteiger partial charge in [-0.3, -0.25) is 4.79 Å². The summed E-state index contributed by atoms with van der Waals surface area (Å²) in [4.78, 5) is 24.2. The van der Waals surface area contributed by atoms with Gasteiger partial charge in [-0.05, 0) is 6.54 Å². The second-order valence-electron chi connectivity index (χ2n) is 4.13. The molecule has 3 N–H and O–H groups in total. The predicted octanol–water partition coefficient (Wildman–Crippen LogP) is -0.381. The molecule has 0 saturated heterocycles. The molecule has 1 unspecified atom stereocenters. The van der Waals surface area contributed by atoms with Crippen LogP contribution in [0, 0.1) is 5.92 Å². The van der Waals surface area contributed by atoms with Crippen molar-refractivity contribution in [2.75, 3.05) is 40.3 Å². The molecule has 0 bridgehead atoms. The first-order chi connectivity index (χ1) is 7.99. The van der Waals surface area contributed by atoms with Gasteiger partial charge in [0, 0.05) is 39.6 Å². The van der Waals surface area contributed by atoms with Gasteiger partial charge in [-0.25, -0.2) is 4.79 Å². The molecular weight excluding hydrogens is 220 g/mol. The van der Waals surface area contributed by atoms with Crippen LogP contribution in [0.1, 0.15) is 13.8 Å². The fraction of sp³-hybridized carbons (Fsp3) is 0.818. The molecule has 6 nitrogen and oxygen atoms in total. The molecule has 0 aromatic rings. The number of rotatable bonds is 7. The van der Waals surface area contributed by atoms with Crippen molar-refractivity contribution in [2.45, 2.75) is 13.8 Å². The number of nitrogens with one attached hydrogen (secondary N) is 3. The van der Waals surface area contributed by atoms with Crippen LogP contribution >= 0.6 is 0 Å². The summed E-state index contributed by atoms with van der Waals surface area (Å²) in [5.41, 5.74) is 0. The van der Waals surface area contributed by atoms with Crippen LogP contribution in [0.4, 0.5) is 4.79 Å². The molecule has 0 aliphatic rings. The van der Waals surface area contributed by atoms with E-state index in [4.69, 9.17) is 0 Å². The third-order valence-electron chi connectivity index (χ3n) is 2.25. The third kappa shape index (κ3) is 7.57. The highest BCUT2D eigenvalue weighted by Gasteiger charge is 2.11. The van der Waals surface area contributed by atoms with Crippen molar-refractivity contribution in [3.8, 4) is 0 Å². The Bertz CT molecular complexity index is 244. The quantitative estimate of drug-likeness (QED) is 0.534. The molecule has 1 atom stereocenters. The van der Waals surface area contributed by atoms with Gasteiger partial charge in [-0.2, -0.15) is 0 Å². The molecule has 0 fully saturated rings. The number of hydrogen-bond donors (Lipinski definition) is 3. The van der Waals surface area contributed by atoms with Crippen molar-refractivity contribution in [2.24, 2.45) is 5.92 Å². The lowest BCUT2D eigenvalue weighted by Gasteiger charge is -2.14. The molecule has 0 aliphatic heterocycles. The maximum Gasteiger partial charge on any atom is 0.316 e. The Hall–Kier alpha value is -1.30. The molecule has 0 rings (SSSR count). The average molecular weight is 244 g/mol. The molecule has 0 heterocycles. The van der Waals surface area contributed by atoms with Gasteiger partial charge >= 0.3 is 6.03 Å². The minimum absolute atomic E-state index is 0.00468. The Morgan fingerprint density at radius 1 is 1.18 bits per heavy atom. The lowest BCUT2D eigenvalue weighted by Crippen LogP contribution is -2.42. The molecule has 0 spiro atoms. The second kappa shape index (κ2) is 8.81. The van der Waals surface area contributed by atoms with E-state index in [0.717, 1.165) is 6.54 Å². The molecule has 17 heavy (non-hydrogen) atoms. The summed E-state index contributed by atoms with van der Waals surface area (Å²) >= 11 is 0. The summed E-state index contributed by atoms with van der Waals surface area (Å²) < 4.78 is 0. The zero-order chi connectivity index (χ0) is 13.3. The first-order valence-electron chi connectivity index (χ1n) is 5.92. The Morgan fingerprint density at radius 3 is 2.29 bits per heavy atom. The monoisotopic (exact) mass is 244 g/mol.